The molecule has 0 amide bonds. The molecular weight excluding hydrogens is 264 g/mol. The Balaban J connectivity index is 1.60. The zero-order chi connectivity index (χ0) is 15.1. The van der Waals surface area contributed by atoms with Gasteiger partial charge in [0.2, 0.25) is 0 Å². The smallest absolute Gasteiger partial charge is 0.193 e. The maximum absolute atomic E-state index is 5.66. The topological polar surface area (TPSA) is 40.1 Å². The van der Waals surface area contributed by atoms with Crippen molar-refractivity contribution in [1.29, 1.82) is 0 Å². The first-order valence-corrected chi connectivity index (χ1v) is 8.44. The minimum atomic E-state index is 0.748. The van der Waals surface area contributed by atoms with Crippen molar-refractivity contribution in [2.45, 2.75) is 26.7 Å². The van der Waals surface area contributed by atoms with Crippen LogP contribution in [0.3, 0.4) is 0 Å². The summed E-state index contributed by atoms with van der Waals surface area (Å²) in [6.07, 6.45) is 2.71. The molecule has 0 radical (unpaired) electrons. The lowest BCUT2D eigenvalue weighted by molar-refractivity contribution is 0.127. The van der Waals surface area contributed by atoms with Crippen molar-refractivity contribution in [2.75, 3.05) is 59.5 Å². The Bertz CT molecular complexity index is 320. The summed E-state index contributed by atoms with van der Waals surface area (Å²) in [7, 11) is 1.87. The van der Waals surface area contributed by atoms with E-state index in [1.165, 1.54) is 19.4 Å². The predicted octanol–water partition coefficient (Wildman–Crippen LogP) is 1.26. The molecule has 5 heteroatoms. The zero-order valence-corrected chi connectivity index (χ0v) is 14.0. The lowest BCUT2D eigenvalue weighted by Crippen LogP contribution is -2.53. The molecule has 0 aromatic heterocycles. The fraction of sp³-hybridized carbons (Fsp3) is 0.938. The third-order valence-electron chi connectivity index (χ3n) is 4.09. The van der Waals surface area contributed by atoms with Gasteiger partial charge in [-0.25, -0.2) is 0 Å². The van der Waals surface area contributed by atoms with Gasteiger partial charge in [0.05, 0.1) is 6.61 Å². The summed E-state index contributed by atoms with van der Waals surface area (Å²) in [5.41, 5.74) is 0. The van der Waals surface area contributed by atoms with Gasteiger partial charge in [-0.3, -0.25) is 9.89 Å². The number of piperazine rings is 1. The Kier molecular flexibility index (Phi) is 6.77. The van der Waals surface area contributed by atoms with Gasteiger partial charge in [-0.05, 0) is 24.7 Å². The molecule has 21 heavy (non-hydrogen) atoms. The van der Waals surface area contributed by atoms with Crippen LogP contribution in [0, 0.1) is 11.8 Å². The Hall–Kier alpha value is -0.810. The quantitative estimate of drug-likeness (QED) is 0.436. The summed E-state index contributed by atoms with van der Waals surface area (Å²) in [4.78, 5) is 9.31. The fourth-order valence-corrected chi connectivity index (χ4v) is 2.76. The average molecular weight is 296 g/mol. The summed E-state index contributed by atoms with van der Waals surface area (Å²) >= 11 is 0. The van der Waals surface area contributed by atoms with Crippen LogP contribution in [0.25, 0.3) is 0 Å². The molecule has 2 rings (SSSR count). The third-order valence-corrected chi connectivity index (χ3v) is 4.09. The van der Waals surface area contributed by atoms with Gasteiger partial charge in [0.1, 0.15) is 0 Å². The molecule has 0 spiro atoms. The number of hydrogen-bond donors (Lipinski definition) is 1. The number of aliphatic imine (C=N–C) groups is 1. The summed E-state index contributed by atoms with van der Waals surface area (Å²) in [6.45, 7) is 12.7. The van der Waals surface area contributed by atoms with E-state index in [0.717, 1.165) is 63.7 Å². The molecule has 1 N–H and O–H groups in total. The first-order chi connectivity index (χ1) is 10.2. The van der Waals surface area contributed by atoms with E-state index in [0.29, 0.717) is 0 Å². The minimum Gasteiger partial charge on any atom is -0.379 e. The van der Waals surface area contributed by atoms with E-state index in [2.05, 4.69) is 34.0 Å². The molecule has 1 aliphatic heterocycles. The van der Waals surface area contributed by atoms with Crippen molar-refractivity contribution in [3.63, 3.8) is 0 Å². The van der Waals surface area contributed by atoms with E-state index in [1.54, 1.807) is 0 Å². The first kappa shape index (κ1) is 16.6. The molecule has 1 saturated carbocycles. The molecular formula is C16H32N4O. The summed E-state index contributed by atoms with van der Waals surface area (Å²) in [5.74, 6) is 2.62. The standard InChI is InChI=1S/C16H32N4O/c1-14(2)12-19-7-9-20(10-8-19)16(17-3)18-6-11-21-13-15-4-5-15/h14-15H,4-13H2,1-3H3,(H,17,18). The molecule has 5 nitrogen and oxygen atoms in total. The molecule has 2 fully saturated rings. The number of ether oxygens (including phenoxy) is 1. The molecule has 1 aliphatic carbocycles. The lowest BCUT2D eigenvalue weighted by Gasteiger charge is -2.37. The molecule has 1 heterocycles. The first-order valence-electron chi connectivity index (χ1n) is 8.44. The second-order valence-corrected chi connectivity index (χ2v) is 6.67. The summed E-state index contributed by atoms with van der Waals surface area (Å²) < 4.78 is 5.66. The van der Waals surface area contributed by atoms with Crippen LogP contribution in [-0.2, 0) is 4.74 Å². The van der Waals surface area contributed by atoms with Crippen molar-refractivity contribution in [2.24, 2.45) is 16.8 Å². The van der Waals surface area contributed by atoms with E-state index >= 15 is 0 Å². The van der Waals surface area contributed by atoms with Crippen LogP contribution in [0.4, 0.5) is 0 Å². The van der Waals surface area contributed by atoms with Crippen molar-refractivity contribution in [3.05, 3.63) is 0 Å². The normalized spacial score (nSPS) is 21.1. The highest BCUT2D eigenvalue weighted by Gasteiger charge is 2.21. The van der Waals surface area contributed by atoms with Gasteiger partial charge in [-0.15, -0.1) is 0 Å². The Labute approximate surface area is 129 Å². The molecule has 0 unspecified atom stereocenters. The van der Waals surface area contributed by atoms with Crippen molar-refractivity contribution >= 4 is 5.96 Å². The van der Waals surface area contributed by atoms with Gasteiger partial charge < -0.3 is 15.0 Å². The molecule has 0 bridgehead atoms. The van der Waals surface area contributed by atoms with Gasteiger partial charge in [0, 0.05) is 52.9 Å². The number of nitrogens with one attached hydrogen (secondary N) is 1. The van der Waals surface area contributed by atoms with E-state index in [9.17, 15) is 0 Å². The van der Waals surface area contributed by atoms with Crippen molar-refractivity contribution in [3.8, 4) is 0 Å². The van der Waals surface area contributed by atoms with Gasteiger partial charge in [0.25, 0.3) is 0 Å². The summed E-state index contributed by atoms with van der Waals surface area (Å²) in [6, 6.07) is 0. The maximum Gasteiger partial charge on any atom is 0.193 e. The van der Waals surface area contributed by atoms with E-state index < -0.39 is 0 Å². The van der Waals surface area contributed by atoms with E-state index in [-0.39, 0.29) is 0 Å². The summed E-state index contributed by atoms with van der Waals surface area (Å²) in [5, 5.41) is 3.42. The van der Waals surface area contributed by atoms with Gasteiger partial charge in [-0.1, -0.05) is 13.8 Å². The Morgan fingerprint density at radius 1 is 1.24 bits per heavy atom. The maximum atomic E-state index is 5.66. The van der Waals surface area contributed by atoms with Crippen LogP contribution in [0.1, 0.15) is 26.7 Å². The monoisotopic (exact) mass is 296 g/mol. The molecule has 0 aromatic rings. The third kappa shape index (κ3) is 6.22. The number of nitrogens with zero attached hydrogens (tertiary/aromatic N) is 3. The highest BCUT2D eigenvalue weighted by atomic mass is 16.5. The van der Waals surface area contributed by atoms with Crippen LogP contribution in [0.5, 0.6) is 0 Å². The van der Waals surface area contributed by atoms with Crippen LogP contribution in [-0.4, -0.2) is 75.3 Å². The van der Waals surface area contributed by atoms with Crippen LogP contribution >= 0.6 is 0 Å². The molecule has 2 aliphatic rings. The molecule has 122 valence electrons. The number of rotatable bonds is 7. The number of hydrogen-bond acceptors (Lipinski definition) is 3. The van der Waals surface area contributed by atoms with Gasteiger partial charge in [0.15, 0.2) is 5.96 Å². The van der Waals surface area contributed by atoms with Gasteiger partial charge in [-0.2, -0.15) is 0 Å². The molecule has 1 saturated heterocycles. The minimum absolute atomic E-state index is 0.748. The fourth-order valence-electron chi connectivity index (χ4n) is 2.76. The predicted molar refractivity (Wildman–Crippen MR) is 87.8 cm³/mol. The highest BCUT2D eigenvalue weighted by molar-refractivity contribution is 5.79. The zero-order valence-electron chi connectivity index (χ0n) is 14.0. The van der Waals surface area contributed by atoms with Crippen LogP contribution in [0.2, 0.25) is 0 Å². The molecule has 0 aromatic carbocycles. The van der Waals surface area contributed by atoms with E-state index in [4.69, 9.17) is 4.74 Å². The average Bonchev–Trinajstić information content (AvgIpc) is 3.27. The van der Waals surface area contributed by atoms with Crippen LogP contribution in [0.15, 0.2) is 4.99 Å². The second kappa shape index (κ2) is 8.59. The van der Waals surface area contributed by atoms with E-state index in [1.807, 2.05) is 7.05 Å². The Morgan fingerprint density at radius 2 is 1.95 bits per heavy atom. The van der Waals surface area contributed by atoms with Crippen LogP contribution < -0.4 is 5.32 Å². The number of guanidine groups is 1. The SMILES string of the molecule is CN=C(NCCOCC1CC1)N1CCN(CC(C)C)CC1. The van der Waals surface area contributed by atoms with Crippen molar-refractivity contribution < 1.29 is 4.74 Å². The molecule has 0 atom stereocenters. The lowest BCUT2D eigenvalue weighted by atomic mass is 10.2. The highest BCUT2D eigenvalue weighted by Crippen LogP contribution is 2.28. The Morgan fingerprint density at radius 3 is 2.52 bits per heavy atom. The largest absolute Gasteiger partial charge is 0.379 e. The van der Waals surface area contributed by atoms with Crippen molar-refractivity contribution in [1.82, 2.24) is 15.1 Å². The van der Waals surface area contributed by atoms with Gasteiger partial charge >= 0.3 is 0 Å². The second-order valence-electron chi connectivity index (χ2n) is 6.67.